The van der Waals surface area contributed by atoms with E-state index in [0.29, 0.717) is 17.9 Å². The standard InChI is InChI=1S/C29H38F2N8OSi/c1-37-12-14-38(15-13-37)25-9-8-23(19-33-25)34-28-35-26(29(30,31)21-6-5-7-22(32)18-21)24-10-11-39(27(24)36-28)20-40-16-17-41(2,3)4/h5-11,18-19H,12-17,20,32H2,1-4H3,(H,34,35,36). The lowest BCUT2D eigenvalue weighted by Crippen LogP contribution is -2.44. The summed E-state index contributed by atoms with van der Waals surface area (Å²) in [5.74, 6) is -2.49. The van der Waals surface area contributed by atoms with Gasteiger partial charge in [-0.2, -0.15) is 13.8 Å². The molecule has 0 spiro atoms. The third-order valence-corrected chi connectivity index (χ3v) is 8.93. The highest BCUT2D eigenvalue weighted by molar-refractivity contribution is 6.76. The number of nitrogens with two attached hydrogens (primary N) is 1. The summed E-state index contributed by atoms with van der Waals surface area (Å²) in [5.41, 5.74) is 6.42. The van der Waals surface area contributed by atoms with Crippen molar-refractivity contribution in [3.05, 3.63) is 66.1 Å². The van der Waals surface area contributed by atoms with Crippen molar-refractivity contribution in [1.82, 2.24) is 24.4 Å². The van der Waals surface area contributed by atoms with Gasteiger partial charge in [0.2, 0.25) is 5.95 Å². The van der Waals surface area contributed by atoms with E-state index in [1.165, 1.54) is 18.2 Å². The molecule has 9 nitrogen and oxygen atoms in total. The van der Waals surface area contributed by atoms with Crippen LogP contribution in [0.2, 0.25) is 25.7 Å². The predicted molar refractivity (Wildman–Crippen MR) is 163 cm³/mol. The largest absolute Gasteiger partial charge is 0.399 e. The van der Waals surface area contributed by atoms with Crippen LogP contribution in [0.25, 0.3) is 11.0 Å². The summed E-state index contributed by atoms with van der Waals surface area (Å²) in [6.07, 6.45) is 3.39. The number of fused-ring (bicyclic) bond motifs is 1. The van der Waals surface area contributed by atoms with Gasteiger partial charge in [0.25, 0.3) is 0 Å². The molecule has 0 bridgehead atoms. The van der Waals surface area contributed by atoms with Gasteiger partial charge in [-0.25, -0.2) is 9.97 Å². The van der Waals surface area contributed by atoms with E-state index in [1.807, 2.05) is 12.1 Å². The SMILES string of the molecule is CN1CCN(c2ccc(Nc3nc(C(F)(F)c4cccc(N)c4)c4ccn(COCC[Si](C)(C)C)c4n3)cn2)CC1. The number of benzene rings is 1. The molecule has 3 aromatic heterocycles. The molecule has 0 amide bonds. The van der Waals surface area contributed by atoms with Crippen LogP contribution >= 0.6 is 0 Å². The number of hydrogen-bond acceptors (Lipinski definition) is 8. The molecule has 0 atom stereocenters. The van der Waals surface area contributed by atoms with Crippen LogP contribution in [0.1, 0.15) is 11.3 Å². The Morgan fingerprint density at radius 3 is 2.51 bits per heavy atom. The van der Waals surface area contributed by atoms with Crippen molar-refractivity contribution in [3.8, 4) is 0 Å². The highest BCUT2D eigenvalue weighted by atomic mass is 28.3. The van der Waals surface area contributed by atoms with Crippen LogP contribution in [-0.2, 0) is 17.4 Å². The first-order chi connectivity index (χ1) is 19.5. The highest BCUT2D eigenvalue weighted by Crippen LogP contribution is 2.39. The summed E-state index contributed by atoms with van der Waals surface area (Å²) in [7, 11) is 0.836. The summed E-state index contributed by atoms with van der Waals surface area (Å²) >= 11 is 0. The number of aromatic nitrogens is 4. The molecular weight excluding hydrogens is 542 g/mol. The summed E-state index contributed by atoms with van der Waals surface area (Å²) in [6.45, 7) is 11.4. The maximum absolute atomic E-state index is 16.0. The predicted octanol–water partition coefficient (Wildman–Crippen LogP) is 5.36. The topological polar surface area (TPSA) is 97.4 Å². The van der Waals surface area contributed by atoms with Crippen molar-refractivity contribution >= 4 is 42.2 Å². The van der Waals surface area contributed by atoms with Crippen LogP contribution in [0.3, 0.4) is 0 Å². The molecular formula is C29H38F2N8OSi. The van der Waals surface area contributed by atoms with Gasteiger partial charge in [0.15, 0.2) is 0 Å². The lowest BCUT2D eigenvalue weighted by Gasteiger charge is -2.33. The Hall–Kier alpha value is -3.61. The normalized spacial score (nSPS) is 15.0. The molecule has 0 unspecified atom stereocenters. The molecule has 12 heteroatoms. The molecule has 1 saturated heterocycles. The van der Waals surface area contributed by atoms with E-state index in [-0.39, 0.29) is 29.3 Å². The Morgan fingerprint density at radius 1 is 1.05 bits per heavy atom. The van der Waals surface area contributed by atoms with Gasteiger partial charge in [-0.05, 0) is 43.4 Å². The van der Waals surface area contributed by atoms with Crippen LogP contribution in [0.5, 0.6) is 0 Å². The summed E-state index contributed by atoms with van der Waals surface area (Å²) < 4.78 is 39.7. The van der Waals surface area contributed by atoms with Gasteiger partial charge < -0.3 is 30.2 Å². The fraction of sp³-hybridized carbons (Fsp3) is 0.414. The molecule has 5 rings (SSSR count). The van der Waals surface area contributed by atoms with Crippen LogP contribution < -0.4 is 16.0 Å². The van der Waals surface area contributed by atoms with Crippen molar-refractivity contribution in [1.29, 1.82) is 0 Å². The van der Waals surface area contributed by atoms with Gasteiger partial charge in [-0.15, -0.1) is 0 Å². The molecule has 218 valence electrons. The maximum atomic E-state index is 16.0. The van der Waals surface area contributed by atoms with Crippen molar-refractivity contribution < 1.29 is 13.5 Å². The van der Waals surface area contributed by atoms with Gasteiger partial charge >= 0.3 is 5.92 Å². The minimum absolute atomic E-state index is 0.0484. The quantitative estimate of drug-likeness (QED) is 0.147. The average molecular weight is 581 g/mol. The smallest absolute Gasteiger partial charge is 0.315 e. The molecule has 4 aromatic rings. The molecule has 1 fully saturated rings. The number of likely N-dealkylation sites (N-methyl/N-ethyl adjacent to an activating group) is 1. The number of hydrogen-bond donors (Lipinski definition) is 2. The number of alkyl halides is 2. The number of rotatable bonds is 10. The Bertz CT molecular complexity index is 1480. The molecule has 1 aromatic carbocycles. The Balaban J connectivity index is 1.46. The first-order valence-corrected chi connectivity index (χ1v) is 17.6. The second-order valence-electron chi connectivity index (χ2n) is 11.8. The van der Waals surface area contributed by atoms with Gasteiger partial charge in [0.1, 0.15) is 23.9 Å². The molecule has 0 radical (unpaired) electrons. The molecule has 1 aliphatic heterocycles. The fourth-order valence-corrected chi connectivity index (χ4v) is 5.44. The maximum Gasteiger partial charge on any atom is 0.315 e. The van der Waals surface area contributed by atoms with Gasteiger partial charge in [0, 0.05) is 63.7 Å². The first-order valence-electron chi connectivity index (χ1n) is 13.9. The van der Waals surface area contributed by atoms with E-state index < -0.39 is 19.7 Å². The monoisotopic (exact) mass is 580 g/mol. The van der Waals surface area contributed by atoms with Crippen molar-refractivity contribution in [2.24, 2.45) is 0 Å². The number of piperazine rings is 1. The van der Waals surface area contributed by atoms with E-state index >= 15 is 8.78 Å². The Kier molecular flexibility index (Phi) is 8.25. The van der Waals surface area contributed by atoms with E-state index in [0.717, 1.165) is 38.0 Å². The third kappa shape index (κ3) is 6.83. The lowest BCUT2D eigenvalue weighted by atomic mass is 10.0. The minimum atomic E-state index is -3.42. The van der Waals surface area contributed by atoms with E-state index in [9.17, 15) is 0 Å². The molecule has 0 saturated carbocycles. The number of anilines is 4. The summed E-state index contributed by atoms with van der Waals surface area (Å²) in [6, 6.07) is 12.1. The number of nitrogens with zero attached hydrogens (tertiary/aromatic N) is 6. The number of nitrogens with one attached hydrogen (secondary N) is 1. The zero-order valence-corrected chi connectivity index (χ0v) is 25.1. The Labute approximate surface area is 240 Å². The lowest BCUT2D eigenvalue weighted by molar-refractivity contribution is 0.0398. The second-order valence-corrected chi connectivity index (χ2v) is 17.4. The Morgan fingerprint density at radius 2 is 1.83 bits per heavy atom. The number of halogens is 2. The van der Waals surface area contributed by atoms with Crippen LogP contribution in [-0.4, -0.2) is 72.3 Å². The fourth-order valence-electron chi connectivity index (χ4n) is 4.69. The van der Waals surface area contributed by atoms with Crippen molar-refractivity contribution in [2.45, 2.75) is 38.3 Å². The van der Waals surface area contributed by atoms with Gasteiger partial charge in [-0.1, -0.05) is 31.8 Å². The van der Waals surface area contributed by atoms with Crippen LogP contribution in [0.4, 0.5) is 31.9 Å². The van der Waals surface area contributed by atoms with Gasteiger partial charge in [0.05, 0.1) is 11.9 Å². The third-order valence-electron chi connectivity index (χ3n) is 7.22. The molecule has 4 heterocycles. The van der Waals surface area contributed by atoms with Crippen LogP contribution in [0.15, 0.2) is 54.9 Å². The van der Waals surface area contributed by atoms with E-state index in [1.54, 1.807) is 29.1 Å². The van der Waals surface area contributed by atoms with Crippen molar-refractivity contribution in [3.63, 3.8) is 0 Å². The molecule has 3 N–H and O–H groups in total. The number of ether oxygens (including phenoxy) is 1. The van der Waals surface area contributed by atoms with Crippen LogP contribution in [0, 0.1) is 0 Å². The van der Waals surface area contributed by atoms with Gasteiger partial charge in [-0.3, -0.25) is 0 Å². The highest BCUT2D eigenvalue weighted by Gasteiger charge is 2.39. The van der Waals surface area contributed by atoms with E-state index in [2.05, 4.69) is 56.8 Å². The molecule has 41 heavy (non-hydrogen) atoms. The zero-order chi connectivity index (χ0) is 29.2. The number of pyridine rings is 1. The molecule has 0 aliphatic carbocycles. The summed E-state index contributed by atoms with van der Waals surface area (Å²) in [4.78, 5) is 18.1. The number of nitrogen functional groups attached to an aromatic ring is 1. The average Bonchev–Trinajstić information content (AvgIpc) is 3.34. The summed E-state index contributed by atoms with van der Waals surface area (Å²) in [5, 5.41) is 3.34. The van der Waals surface area contributed by atoms with Crippen molar-refractivity contribution in [2.75, 3.05) is 55.8 Å². The zero-order valence-electron chi connectivity index (χ0n) is 24.1. The minimum Gasteiger partial charge on any atom is -0.399 e. The van der Waals surface area contributed by atoms with E-state index in [4.69, 9.17) is 10.5 Å². The first kappa shape index (κ1) is 28.9. The molecule has 1 aliphatic rings. The second kappa shape index (κ2) is 11.7.